The van der Waals surface area contributed by atoms with Crippen LogP contribution in [0, 0.1) is 11.6 Å². The molecule has 0 unspecified atom stereocenters. The molecule has 2 aromatic rings. The van der Waals surface area contributed by atoms with E-state index in [-0.39, 0.29) is 16.4 Å². The second kappa shape index (κ2) is 5.44. The molecular formula is C14H10F2O4S2. The van der Waals surface area contributed by atoms with Gasteiger partial charge in [-0.2, -0.15) is 0 Å². The SMILES string of the molecule is O=C(O[C@@H]1CCS(=O)(=O)c2sccc21)c1c(F)cccc1F. The Morgan fingerprint density at radius 1 is 1.23 bits per heavy atom. The lowest BCUT2D eigenvalue weighted by atomic mass is 10.1. The van der Waals surface area contributed by atoms with E-state index in [1.54, 1.807) is 11.4 Å². The maximum atomic E-state index is 13.6. The fraction of sp³-hybridized carbons (Fsp3) is 0.214. The minimum absolute atomic E-state index is 0.0634. The summed E-state index contributed by atoms with van der Waals surface area (Å²) in [5.74, 6) is -3.34. The number of sulfone groups is 1. The predicted octanol–water partition coefficient (Wildman–Crippen LogP) is 3.10. The molecule has 4 nitrogen and oxygen atoms in total. The molecule has 1 atom stereocenters. The number of hydrogen-bond acceptors (Lipinski definition) is 5. The highest BCUT2D eigenvalue weighted by Gasteiger charge is 2.34. The molecule has 0 fully saturated rings. The average molecular weight is 344 g/mol. The van der Waals surface area contributed by atoms with E-state index in [4.69, 9.17) is 4.74 Å². The first-order valence-corrected chi connectivity index (χ1v) is 8.88. The molecule has 1 aliphatic rings. The molecule has 1 aromatic carbocycles. The van der Waals surface area contributed by atoms with Crippen molar-refractivity contribution in [3.8, 4) is 0 Å². The van der Waals surface area contributed by atoms with Crippen molar-refractivity contribution >= 4 is 27.1 Å². The molecule has 116 valence electrons. The molecule has 0 saturated carbocycles. The van der Waals surface area contributed by atoms with Gasteiger partial charge in [0.05, 0.1) is 5.75 Å². The van der Waals surface area contributed by atoms with Crippen molar-refractivity contribution in [2.24, 2.45) is 0 Å². The molecule has 2 heterocycles. The van der Waals surface area contributed by atoms with Crippen molar-refractivity contribution in [2.75, 3.05) is 5.75 Å². The van der Waals surface area contributed by atoms with Crippen LogP contribution in [0.1, 0.15) is 28.4 Å². The third-order valence-electron chi connectivity index (χ3n) is 3.35. The van der Waals surface area contributed by atoms with Gasteiger partial charge in [0, 0.05) is 12.0 Å². The molecule has 3 rings (SSSR count). The van der Waals surface area contributed by atoms with Gasteiger partial charge in [-0.05, 0) is 23.6 Å². The Bertz CT molecular complexity index is 822. The van der Waals surface area contributed by atoms with Crippen LogP contribution in [0.3, 0.4) is 0 Å². The Morgan fingerprint density at radius 2 is 1.91 bits per heavy atom. The Balaban J connectivity index is 1.91. The number of fused-ring (bicyclic) bond motifs is 1. The summed E-state index contributed by atoms with van der Waals surface area (Å²) < 4.78 is 56.2. The minimum atomic E-state index is -3.37. The highest BCUT2D eigenvalue weighted by Crippen LogP contribution is 2.38. The summed E-state index contributed by atoms with van der Waals surface area (Å²) in [4.78, 5) is 12.0. The first-order chi connectivity index (χ1) is 10.4. The number of ether oxygens (including phenoxy) is 1. The van der Waals surface area contributed by atoms with Crippen LogP contribution in [0.5, 0.6) is 0 Å². The van der Waals surface area contributed by atoms with Gasteiger partial charge in [0.15, 0.2) is 9.84 Å². The Kier molecular flexibility index (Phi) is 3.73. The number of carbonyl (C=O) groups excluding carboxylic acids is 1. The average Bonchev–Trinajstić information content (AvgIpc) is 2.93. The number of esters is 1. The Hall–Kier alpha value is -1.80. The highest BCUT2D eigenvalue weighted by atomic mass is 32.2. The van der Waals surface area contributed by atoms with Crippen molar-refractivity contribution in [2.45, 2.75) is 16.7 Å². The summed E-state index contributed by atoms with van der Waals surface area (Å²) in [6.45, 7) is 0. The minimum Gasteiger partial charge on any atom is -0.454 e. The summed E-state index contributed by atoms with van der Waals surface area (Å²) >= 11 is 1.04. The monoisotopic (exact) mass is 344 g/mol. The van der Waals surface area contributed by atoms with E-state index in [1.165, 1.54) is 0 Å². The number of hydrogen-bond donors (Lipinski definition) is 0. The molecule has 0 spiro atoms. The summed E-state index contributed by atoms with van der Waals surface area (Å²) in [6.07, 6.45) is -0.760. The maximum Gasteiger partial charge on any atom is 0.344 e. The molecule has 0 saturated heterocycles. The van der Waals surface area contributed by atoms with Gasteiger partial charge in [0.2, 0.25) is 0 Å². The lowest BCUT2D eigenvalue weighted by Gasteiger charge is -2.22. The predicted molar refractivity (Wildman–Crippen MR) is 75.5 cm³/mol. The normalized spacial score (nSPS) is 19.5. The van der Waals surface area contributed by atoms with Crippen molar-refractivity contribution in [1.29, 1.82) is 0 Å². The van der Waals surface area contributed by atoms with Gasteiger partial charge in [-0.25, -0.2) is 22.0 Å². The van der Waals surface area contributed by atoms with Gasteiger partial charge in [0.25, 0.3) is 0 Å². The largest absolute Gasteiger partial charge is 0.454 e. The zero-order valence-electron chi connectivity index (χ0n) is 11.1. The fourth-order valence-electron chi connectivity index (χ4n) is 2.31. The molecule has 22 heavy (non-hydrogen) atoms. The van der Waals surface area contributed by atoms with Crippen LogP contribution in [-0.2, 0) is 14.6 Å². The van der Waals surface area contributed by atoms with E-state index in [1.807, 2.05) is 0 Å². The van der Waals surface area contributed by atoms with Gasteiger partial charge < -0.3 is 4.74 Å². The van der Waals surface area contributed by atoms with Crippen LogP contribution in [0.4, 0.5) is 8.78 Å². The molecule has 0 bridgehead atoms. The summed E-state index contributed by atoms with van der Waals surface area (Å²) in [7, 11) is -3.37. The number of thiophene rings is 1. The van der Waals surface area contributed by atoms with Crippen LogP contribution in [0.15, 0.2) is 33.9 Å². The van der Waals surface area contributed by atoms with Crippen molar-refractivity contribution in [3.63, 3.8) is 0 Å². The molecule has 0 N–H and O–H groups in total. The van der Waals surface area contributed by atoms with Crippen molar-refractivity contribution < 1.29 is 26.7 Å². The van der Waals surface area contributed by atoms with Gasteiger partial charge in [-0.3, -0.25) is 0 Å². The second-order valence-corrected chi connectivity index (χ2v) is 7.98. The summed E-state index contributed by atoms with van der Waals surface area (Å²) in [6, 6.07) is 4.61. The number of rotatable bonds is 2. The molecule has 0 amide bonds. The number of benzene rings is 1. The zero-order valence-corrected chi connectivity index (χ0v) is 12.7. The van der Waals surface area contributed by atoms with Crippen molar-refractivity contribution in [1.82, 2.24) is 0 Å². The van der Waals surface area contributed by atoms with E-state index in [0.717, 1.165) is 29.5 Å². The zero-order chi connectivity index (χ0) is 15.9. The first-order valence-electron chi connectivity index (χ1n) is 6.35. The van der Waals surface area contributed by atoms with E-state index in [2.05, 4.69) is 0 Å². The van der Waals surface area contributed by atoms with Crippen LogP contribution in [-0.4, -0.2) is 20.1 Å². The van der Waals surface area contributed by atoms with Gasteiger partial charge >= 0.3 is 5.97 Å². The van der Waals surface area contributed by atoms with Crippen LogP contribution >= 0.6 is 11.3 Å². The number of halogens is 2. The van der Waals surface area contributed by atoms with E-state index < -0.39 is 39.1 Å². The van der Waals surface area contributed by atoms with E-state index in [9.17, 15) is 22.0 Å². The third-order valence-corrected chi connectivity index (χ3v) is 6.70. The van der Waals surface area contributed by atoms with Crippen LogP contribution in [0.25, 0.3) is 0 Å². The van der Waals surface area contributed by atoms with Gasteiger partial charge in [0.1, 0.15) is 27.5 Å². The fourth-order valence-corrected chi connectivity index (χ4v) is 5.26. The van der Waals surface area contributed by atoms with Gasteiger partial charge in [-0.15, -0.1) is 11.3 Å². The molecule has 8 heteroatoms. The molecule has 1 aliphatic heterocycles. The Labute approximate surface area is 129 Å². The molecule has 0 aliphatic carbocycles. The first kappa shape index (κ1) is 15.1. The van der Waals surface area contributed by atoms with E-state index in [0.29, 0.717) is 5.56 Å². The highest BCUT2D eigenvalue weighted by molar-refractivity contribution is 7.93. The third kappa shape index (κ3) is 2.52. The summed E-state index contributed by atoms with van der Waals surface area (Å²) in [5.41, 5.74) is -0.408. The second-order valence-electron chi connectivity index (χ2n) is 4.76. The lowest BCUT2D eigenvalue weighted by Crippen LogP contribution is -2.23. The standard InChI is InChI=1S/C14H10F2O4S2/c15-9-2-1-3-10(16)12(9)13(17)20-11-5-7-22(18,19)14-8(11)4-6-21-14/h1-4,6,11H,5,7H2/t11-/m1/s1. The summed E-state index contributed by atoms with van der Waals surface area (Å²) in [5, 5.41) is 1.58. The van der Waals surface area contributed by atoms with Crippen LogP contribution < -0.4 is 0 Å². The number of carbonyl (C=O) groups is 1. The quantitative estimate of drug-likeness (QED) is 0.786. The van der Waals surface area contributed by atoms with E-state index >= 15 is 0 Å². The van der Waals surface area contributed by atoms with Crippen LogP contribution in [0.2, 0.25) is 0 Å². The van der Waals surface area contributed by atoms with Crippen molar-refractivity contribution in [3.05, 3.63) is 52.4 Å². The molecule has 0 radical (unpaired) electrons. The lowest BCUT2D eigenvalue weighted by molar-refractivity contribution is 0.0269. The topological polar surface area (TPSA) is 60.4 Å². The van der Waals surface area contributed by atoms with Gasteiger partial charge in [-0.1, -0.05) is 6.07 Å². The Morgan fingerprint density at radius 3 is 2.59 bits per heavy atom. The maximum absolute atomic E-state index is 13.6. The molecule has 1 aromatic heterocycles. The molecular weight excluding hydrogens is 334 g/mol. The smallest absolute Gasteiger partial charge is 0.344 e.